The molecule has 0 atom stereocenters. The minimum absolute atomic E-state index is 0.534. The van der Waals surface area contributed by atoms with Crippen molar-refractivity contribution in [3.05, 3.63) is 29.3 Å². The summed E-state index contributed by atoms with van der Waals surface area (Å²) in [6.07, 6.45) is 0. The van der Waals surface area contributed by atoms with Crippen LogP contribution in [0.25, 0.3) is 0 Å². The molecule has 0 saturated heterocycles. The summed E-state index contributed by atoms with van der Waals surface area (Å²) in [5.41, 5.74) is 4.10. The van der Waals surface area contributed by atoms with Crippen molar-refractivity contribution in [3.8, 4) is 0 Å². The van der Waals surface area contributed by atoms with Gasteiger partial charge in [0.2, 0.25) is 0 Å². The first-order valence-electron chi connectivity index (χ1n) is 6.00. The van der Waals surface area contributed by atoms with Gasteiger partial charge in [-0.25, -0.2) is 4.31 Å². The summed E-state index contributed by atoms with van der Waals surface area (Å²) >= 11 is 7.71. The number of hydrogen-bond acceptors (Lipinski definition) is 3. The number of hydrogen-bond donors (Lipinski definition) is 0. The van der Waals surface area contributed by atoms with Gasteiger partial charge >= 0.3 is 0 Å². The third-order valence-electron chi connectivity index (χ3n) is 2.96. The molecule has 0 unspecified atom stereocenters. The Labute approximate surface area is 113 Å². The molecule has 0 N–H and O–H groups in total. The molecule has 0 radical (unpaired) electrons. The van der Waals surface area contributed by atoms with Crippen LogP contribution in [-0.2, 0) is 6.54 Å². The molecule has 2 rings (SSSR count). The Kier molecular flexibility index (Phi) is 4.23. The van der Waals surface area contributed by atoms with Crippen LogP contribution in [0.2, 0.25) is 0 Å². The molecule has 17 heavy (non-hydrogen) atoms. The molecule has 1 aromatic carbocycles. The van der Waals surface area contributed by atoms with Crippen LogP contribution in [0.4, 0.5) is 5.69 Å². The minimum atomic E-state index is 0.534. The molecule has 1 aromatic rings. The Balaban J connectivity index is 2.35. The summed E-state index contributed by atoms with van der Waals surface area (Å²) in [4.78, 5) is 0. The third kappa shape index (κ3) is 2.72. The Hall–Kier alpha value is -0.380. The second kappa shape index (κ2) is 5.51. The molecule has 0 aliphatic carbocycles. The fourth-order valence-electron chi connectivity index (χ4n) is 2.07. The van der Waals surface area contributed by atoms with Gasteiger partial charge in [0.1, 0.15) is 0 Å². The van der Waals surface area contributed by atoms with Gasteiger partial charge in [-0.3, -0.25) is 0 Å². The number of fused-ring (bicyclic) bond motifs is 1. The van der Waals surface area contributed by atoms with Crippen molar-refractivity contribution in [2.75, 3.05) is 16.7 Å². The monoisotopic (exact) mass is 270 g/mol. The summed E-state index contributed by atoms with van der Waals surface area (Å²) < 4.78 is 4.72. The number of rotatable bonds is 3. The second-order valence-electron chi connectivity index (χ2n) is 4.62. The lowest BCUT2D eigenvalue weighted by Crippen LogP contribution is -2.35. The van der Waals surface area contributed by atoms with Crippen LogP contribution >= 0.6 is 23.7 Å². The lowest BCUT2D eigenvalue weighted by molar-refractivity contribution is 0.385. The quantitative estimate of drug-likeness (QED) is 0.609. The van der Waals surface area contributed by atoms with E-state index in [1.165, 1.54) is 16.8 Å². The molecular weight excluding hydrogens is 252 g/mol. The topological polar surface area (TPSA) is 6.48 Å². The van der Waals surface area contributed by atoms with Crippen molar-refractivity contribution in [2.45, 2.75) is 33.4 Å². The van der Waals surface area contributed by atoms with Crippen LogP contribution in [0, 0.1) is 6.92 Å². The number of aryl methyl sites for hydroxylation is 1. The van der Waals surface area contributed by atoms with Gasteiger partial charge in [-0.15, -0.1) is 11.6 Å². The number of halogens is 1. The van der Waals surface area contributed by atoms with Gasteiger partial charge in [-0.1, -0.05) is 18.2 Å². The third-order valence-corrected chi connectivity index (χ3v) is 4.46. The molecule has 0 amide bonds. The highest BCUT2D eigenvalue weighted by Crippen LogP contribution is 2.39. The SMILES string of the molecule is Cc1cccc2c1N(CCCl)SN(C(C)C)C2. The Morgan fingerprint density at radius 1 is 1.41 bits per heavy atom. The maximum atomic E-state index is 5.91. The second-order valence-corrected chi connectivity index (χ2v) is 6.08. The number of benzene rings is 1. The van der Waals surface area contributed by atoms with E-state index in [9.17, 15) is 0 Å². The van der Waals surface area contributed by atoms with Crippen molar-refractivity contribution in [1.29, 1.82) is 0 Å². The van der Waals surface area contributed by atoms with Gasteiger partial charge in [0, 0.05) is 37.1 Å². The first-order chi connectivity index (χ1) is 8.13. The highest BCUT2D eigenvalue weighted by atomic mass is 35.5. The highest BCUT2D eigenvalue weighted by molar-refractivity contribution is 7.98. The van der Waals surface area contributed by atoms with Crippen molar-refractivity contribution < 1.29 is 0 Å². The van der Waals surface area contributed by atoms with Crippen LogP contribution in [0.15, 0.2) is 18.2 Å². The fourth-order valence-corrected chi connectivity index (χ4v) is 3.50. The van der Waals surface area contributed by atoms with Crippen LogP contribution in [0.5, 0.6) is 0 Å². The van der Waals surface area contributed by atoms with Gasteiger partial charge in [0.25, 0.3) is 0 Å². The molecule has 1 aliphatic heterocycles. The average molecular weight is 271 g/mol. The normalized spacial score (nSPS) is 16.4. The largest absolute Gasteiger partial charge is 0.301 e. The maximum absolute atomic E-state index is 5.91. The van der Waals surface area contributed by atoms with E-state index in [-0.39, 0.29) is 0 Å². The summed E-state index contributed by atoms with van der Waals surface area (Å²) in [6, 6.07) is 7.07. The van der Waals surface area contributed by atoms with Gasteiger partial charge in [-0.2, -0.15) is 0 Å². The van der Waals surface area contributed by atoms with Crippen molar-refractivity contribution in [1.82, 2.24) is 4.31 Å². The first kappa shape index (κ1) is 13.1. The standard InChI is InChI=1S/C13H19ClN2S/c1-10(2)16-9-12-6-4-5-11(3)13(12)15(17-16)8-7-14/h4-6,10H,7-9H2,1-3H3. The molecule has 1 heterocycles. The van der Waals surface area contributed by atoms with Crippen LogP contribution in [0.3, 0.4) is 0 Å². The van der Waals surface area contributed by atoms with Crippen molar-refractivity contribution in [3.63, 3.8) is 0 Å². The van der Waals surface area contributed by atoms with Gasteiger partial charge in [-0.05, 0) is 31.9 Å². The van der Waals surface area contributed by atoms with E-state index in [0.717, 1.165) is 13.1 Å². The molecule has 0 fully saturated rings. The minimum Gasteiger partial charge on any atom is -0.301 e. The van der Waals surface area contributed by atoms with E-state index in [2.05, 4.69) is 47.6 Å². The molecule has 0 aromatic heterocycles. The number of alkyl halides is 1. The summed E-state index contributed by atoms with van der Waals surface area (Å²) in [6.45, 7) is 8.52. The zero-order chi connectivity index (χ0) is 12.4. The van der Waals surface area contributed by atoms with Gasteiger partial charge in [0.05, 0.1) is 5.69 Å². The molecule has 2 nitrogen and oxygen atoms in total. The fraction of sp³-hybridized carbons (Fsp3) is 0.538. The predicted octanol–water partition coefficient (Wildman–Crippen LogP) is 3.83. The number of para-hydroxylation sites is 1. The first-order valence-corrected chi connectivity index (χ1v) is 7.26. The van der Waals surface area contributed by atoms with E-state index in [1.807, 2.05) is 0 Å². The molecule has 94 valence electrons. The lowest BCUT2D eigenvalue weighted by atomic mass is 10.1. The zero-order valence-corrected chi connectivity index (χ0v) is 12.2. The van der Waals surface area contributed by atoms with E-state index >= 15 is 0 Å². The summed E-state index contributed by atoms with van der Waals surface area (Å²) in [7, 11) is 0. The average Bonchev–Trinajstić information content (AvgIpc) is 2.29. The van der Waals surface area contributed by atoms with E-state index in [0.29, 0.717) is 11.9 Å². The van der Waals surface area contributed by atoms with E-state index in [4.69, 9.17) is 11.6 Å². The summed E-state index contributed by atoms with van der Waals surface area (Å²) in [5, 5.41) is 0. The predicted molar refractivity (Wildman–Crippen MR) is 77.5 cm³/mol. The van der Waals surface area contributed by atoms with Crippen molar-refractivity contribution in [2.24, 2.45) is 0 Å². The molecule has 0 bridgehead atoms. The zero-order valence-electron chi connectivity index (χ0n) is 10.6. The number of nitrogens with zero attached hydrogens (tertiary/aromatic N) is 2. The van der Waals surface area contributed by atoms with Crippen LogP contribution in [0.1, 0.15) is 25.0 Å². The summed E-state index contributed by atoms with van der Waals surface area (Å²) in [5.74, 6) is 0.659. The maximum Gasteiger partial charge on any atom is 0.0557 e. The van der Waals surface area contributed by atoms with Crippen LogP contribution < -0.4 is 4.31 Å². The lowest BCUT2D eigenvalue weighted by Gasteiger charge is -2.39. The molecule has 1 aliphatic rings. The van der Waals surface area contributed by atoms with E-state index in [1.54, 1.807) is 12.1 Å². The Morgan fingerprint density at radius 2 is 2.18 bits per heavy atom. The van der Waals surface area contributed by atoms with E-state index < -0.39 is 0 Å². The van der Waals surface area contributed by atoms with Crippen LogP contribution in [-0.4, -0.2) is 22.8 Å². The molecule has 4 heteroatoms. The Bertz CT molecular complexity index is 395. The molecular formula is C13H19ClN2S. The smallest absolute Gasteiger partial charge is 0.0557 e. The van der Waals surface area contributed by atoms with Gasteiger partial charge < -0.3 is 4.31 Å². The highest BCUT2D eigenvalue weighted by Gasteiger charge is 2.26. The number of anilines is 1. The molecule has 0 saturated carbocycles. The van der Waals surface area contributed by atoms with Gasteiger partial charge in [0.15, 0.2) is 0 Å². The molecule has 0 spiro atoms. The Morgan fingerprint density at radius 3 is 2.82 bits per heavy atom. The van der Waals surface area contributed by atoms with Crippen molar-refractivity contribution >= 4 is 29.4 Å².